The zero-order chi connectivity index (χ0) is 18.4. The third kappa shape index (κ3) is 4.66. The maximum absolute atomic E-state index is 12.0. The van der Waals surface area contributed by atoms with E-state index >= 15 is 0 Å². The molecule has 0 aliphatic rings. The number of oxime groups is 1. The molecule has 0 unspecified atom stereocenters. The van der Waals surface area contributed by atoms with Crippen molar-refractivity contribution in [3.8, 4) is 6.07 Å². The highest BCUT2D eigenvalue weighted by molar-refractivity contribution is 7.89. The van der Waals surface area contributed by atoms with Crippen LogP contribution in [0.25, 0.3) is 0 Å². The average molecular weight is 357 g/mol. The minimum absolute atomic E-state index is 0.229. The van der Waals surface area contributed by atoms with Gasteiger partial charge in [0.05, 0.1) is 22.2 Å². The van der Waals surface area contributed by atoms with Crippen molar-refractivity contribution in [2.75, 3.05) is 14.1 Å². The number of hydrogen-bond acceptors (Lipinski definition) is 5. The van der Waals surface area contributed by atoms with E-state index in [-0.39, 0.29) is 11.5 Å². The molecule has 25 heavy (non-hydrogen) atoms. The molecule has 0 bridgehead atoms. The predicted molar refractivity (Wildman–Crippen MR) is 95.5 cm³/mol. The van der Waals surface area contributed by atoms with Crippen LogP contribution in [0.4, 0.5) is 0 Å². The number of nitriles is 1. The van der Waals surface area contributed by atoms with Crippen molar-refractivity contribution < 1.29 is 13.3 Å². The van der Waals surface area contributed by atoms with Crippen molar-refractivity contribution in [1.82, 2.24) is 4.31 Å². The number of benzene rings is 2. The lowest BCUT2D eigenvalue weighted by Crippen LogP contribution is -2.22. The number of hydrogen-bond donors (Lipinski definition) is 0. The van der Waals surface area contributed by atoms with Gasteiger partial charge < -0.3 is 4.84 Å². The van der Waals surface area contributed by atoms with Gasteiger partial charge >= 0.3 is 0 Å². The van der Waals surface area contributed by atoms with E-state index in [9.17, 15) is 8.42 Å². The summed E-state index contributed by atoms with van der Waals surface area (Å²) in [7, 11) is -0.453. The Balaban J connectivity index is 2.03. The third-order valence-corrected chi connectivity index (χ3v) is 5.40. The lowest BCUT2D eigenvalue weighted by atomic mass is 10.1. The standard InChI is InChI=1S/C18H19N3O3S/c1-14(20-24-13-16-6-4-15(12-19)5-7-16)17-8-10-18(11-9-17)25(22,23)21(2)3/h4-11H,13H2,1-3H3/b20-14+. The van der Waals surface area contributed by atoms with Crippen LogP contribution in [0, 0.1) is 11.3 Å². The second-order valence-electron chi connectivity index (χ2n) is 5.57. The smallest absolute Gasteiger partial charge is 0.242 e. The molecule has 0 aliphatic carbocycles. The largest absolute Gasteiger partial charge is 0.391 e. The Bertz CT molecular complexity index is 894. The normalized spacial score (nSPS) is 12.0. The highest BCUT2D eigenvalue weighted by Crippen LogP contribution is 2.14. The molecule has 2 rings (SSSR count). The predicted octanol–water partition coefficient (Wildman–Crippen LogP) is 2.75. The SMILES string of the molecule is C/C(=N\OCc1ccc(C#N)cc1)c1ccc(S(=O)(=O)N(C)C)cc1. The van der Waals surface area contributed by atoms with Crippen LogP contribution in [-0.4, -0.2) is 32.5 Å². The first-order valence-electron chi connectivity index (χ1n) is 7.53. The monoisotopic (exact) mass is 357 g/mol. The molecule has 0 radical (unpaired) electrons. The lowest BCUT2D eigenvalue weighted by molar-refractivity contribution is 0.130. The topological polar surface area (TPSA) is 82.8 Å². The Morgan fingerprint density at radius 3 is 2.24 bits per heavy atom. The maximum Gasteiger partial charge on any atom is 0.242 e. The molecule has 2 aromatic carbocycles. The number of nitrogens with zero attached hydrogens (tertiary/aromatic N) is 3. The van der Waals surface area contributed by atoms with Gasteiger partial charge in [-0.3, -0.25) is 0 Å². The van der Waals surface area contributed by atoms with E-state index in [4.69, 9.17) is 10.1 Å². The van der Waals surface area contributed by atoms with Crippen molar-refractivity contribution >= 4 is 15.7 Å². The molecular formula is C18H19N3O3S. The summed E-state index contributed by atoms with van der Waals surface area (Å²) in [4.78, 5) is 5.55. The molecule has 0 fully saturated rings. The second-order valence-corrected chi connectivity index (χ2v) is 7.72. The summed E-state index contributed by atoms with van der Waals surface area (Å²) in [5.41, 5.74) is 2.92. The molecule has 0 amide bonds. The van der Waals surface area contributed by atoms with Crippen molar-refractivity contribution in [3.63, 3.8) is 0 Å². The molecule has 0 aromatic heterocycles. The fraction of sp³-hybridized carbons (Fsp3) is 0.222. The van der Waals surface area contributed by atoms with Crippen LogP contribution in [0.1, 0.15) is 23.6 Å². The summed E-state index contributed by atoms with van der Waals surface area (Å²) < 4.78 is 25.2. The number of sulfonamides is 1. The van der Waals surface area contributed by atoms with E-state index in [0.717, 1.165) is 11.1 Å². The molecule has 0 heterocycles. The molecule has 7 heteroatoms. The molecule has 130 valence electrons. The van der Waals surface area contributed by atoms with Crippen LogP contribution in [0.5, 0.6) is 0 Å². The quantitative estimate of drug-likeness (QED) is 0.588. The van der Waals surface area contributed by atoms with Crippen molar-refractivity contribution in [1.29, 1.82) is 5.26 Å². The molecule has 0 N–H and O–H groups in total. The maximum atomic E-state index is 12.0. The molecule has 2 aromatic rings. The third-order valence-electron chi connectivity index (χ3n) is 3.57. The highest BCUT2D eigenvalue weighted by atomic mass is 32.2. The van der Waals surface area contributed by atoms with Gasteiger partial charge in [-0.1, -0.05) is 29.4 Å². The molecular weight excluding hydrogens is 338 g/mol. The van der Waals surface area contributed by atoms with Gasteiger partial charge in [-0.2, -0.15) is 5.26 Å². The molecule has 0 spiro atoms. The van der Waals surface area contributed by atoms with Gasteiger partial charge in [0.1, 0.15) is 6.61 Å². The van der Waals surface area contributed by atoms with Gasteiger partial charge in [-0.15, -0.1) is 0 Å². The summed E-state index contributed by atoms with van der Waals surface area (Å²) in [5.74, 6) is 0. The van der Waals surface area contributed by atoms with Crippen LogP contribution in [0.15, 0.2) is 58.6 Å². The molecule has 6 nitrogen and oxygen atoms in total. The fourth-order valence-corrected chi connectivity index (χ4v) is 2.91. The van der Waals surface area contributed by atoms with E-state index in [0.29, 0.717) is 11.3 Å². The van der Waals surface area contributed by atoms with Crippen LogP contribution in [-0.2, 0) is 21.5 Å². The van der Waals surface area contributed by atoms with Crippen molar-refractivity contribution in [2.45, 2.75) is 18.4 Å². The summed E-state index contributed by atoms with van der Waals surface area (Å²) in [6.45, 7) is 2.07. The van der Waals surface area contributed by atoms with E-state index in [1.165, 1.54) is 18.4 Å². The molecule has 0 atom stereocenters. The second kappa shape index (κ2) is 7.92. The van der Waals surface area contributed by atoms with Crippen LogP contribution in [0.3, 0.4) is 0 Å². The van der Waals surface area contributed by atoms with Gasteiger partial charge in [0.15, 0.2) is 0 Å². The number of rotatable bonds is 6. The van der Waals surface area contributed by atoms with Gasteiger partial charge in [-0.25, -0.2) is 12.7 Å². The zero-order valence-electron chi connectivity index (χ0n) is 14.3. The first-order chi connectivity index (χ1) is 11.8. The summed E-state index contributed by atoms with van der Waals surface area (Å²) in [6.07, 6.45) is 0. The lowest BCUT2D eigenvalue weighted by Gasteiger charge is -2.11. The van der Waals surface area contributed by atoms with Crippen LogP contribution in [0.2, 0.25) is 0 Å². The Hall–Kier alpha value is -2.69. The van der Waals surface area contributed by atoms with E-state index < -0.39 is 10.0 Å². The van der Waals surface area contributed by atoms with Crippen molar-refractivity contribution in [2.24, 2.45) is 5.16 Å². The van der Waals surface area contributed by atoms with E-state index in [1.807, 2.05) is 12.1 Å². The van der Waals surface area contributed by atoms with Crippen LogP contribution >= 0.6 is 0 Å². The Morgan fingerprint density at radius 1 is 1.12 bits per heavy atom. The van der Waals surface area contributed by atoms with Gasteiger partial charge in [0, 0.05) is 14.1 Å². The van der Waals surface area contributed by atoms with Crippen molar-refractivity contribution in [3.05, 3.63) is 65.2 Å². The minimum Gasteiger partial charge on any atom is -0.391 e. The fourth-order valence-electron chi connectivity index (χ4n) is 2.01. The molecule has 0 aliphatic heterocycles. The summed E-state index contributed by atoms with van der Waals surface area (Å²) in [5, 5.41) is 12.8. The molecule has 0 saturated carbocycles. The Kier molecular flexibility index (Phi) is 5.91. The first kappa shape index (κ1) is 18.6. The highest BCUT2D eigenvalue weighted by Gasteiger charge is 2.16. The first-order valence-corrected chi connectivity index (χ1v) is 8.97. The molecule has 0 saturated heterocycles. The Morgan fingerprint density at radius 2 is 1.72 bits per heavy atom. The minimum atomic E-state index is -3.44. The van der Waals surface area contributed by atoms with E-state index in [2.05, 4.69) is 11.2 Å². The zero-order valence-corrected chi connectivity index (χ0v) is 15.1. The summed E-state index contributed by atoms with van der Waals surface area (Å²) in [6, 6.07) is 15.6. The van der Waals surface area contributed by atoms with Crippen LogP contribution < -0.4 is 0 Å². The average Bonchev–Trinajstić information content (AvgIpc) is 2.62. The van der Waals surface area contributed by atoms with Gasteiger partial charge in [0.2, 0.25) is 10.0 Å². The van der Waals surface area contributed by atoms with Gasteiger partial charge in [-0.05, 0) is 42.3 Å². The summed E-state index contributed by atoms with van der Waals surface area (Å²) >= 11 is 0. The Labute approximate surface area is 148 Å². The van der Waals surface area contributed by atoms with E-state index in [1.54, 1.807) is 43.3 Å². The van der Waals surface area contributed by atoms with Gasteiger partial charge in [0.25, 0.3) is 0 Å².